The zero-order valence-electron chi connectivity index (χ0n) is 15.2. The molecular formula is C19H28N2O2S. The molecule has 4 nitrogen and oxygen atoms in total. The maximum Gasteiger partial charge on any atom is 0.123 e. The smallest absolute Gasteiger partial charge is 0.123 e. The van der Waals surface area contributed by atoms with Gasteiger partial charge in [0.15, 0.2) is 0 Å². The number of hydrogen-bond donors (Lipinski definition) is 1. The summed E-state index contributed by atoms with van der Waals surface area (Å²) in [6.07, 6.45) is -0.346. The molecule has 0 bridgehead atoms. The summed E-state index contributed by atoms with van der Waals surface area (Å²) in [4.78, 5) is 8.13. The summed E-state index contributed by atoms with van der Waals surface area (Å²) in [5.41, 5.74) is 2.21. The molecule has 2 aromatic rings. The van der Waals surface area contributed by atoms with Gasteiger partial charge >= 0.3 is 0 Å². The van der Waals surface area contributed by atoms with Gasteiger partial charge in [0.1, 0.15) is 5.01 Å². The van der Waals surface area contributed by atoms with Crippen LogP contribution in [-0.2, 0) is 4.74 Å². The summed E-state index contributed by atoms with van der Waals surface area (Å²) >= 11 is 1.73. The van der Waals surface area contributed by atoms with Crippen molar-refractivity contribution >= 4 is 11.3 Å². The third-order valence-electron chi connectivity index (χ3n) is 4.01. The average Bonchev–Trinajstić information content (AvgIpc) is 2.95. The van der Waals surface area contributed by atoms with Crippen molar-refractivity contribution in [2.75, 3.05) is 20.2 Å². The molecule has 0 aliphatic rings. The number of hydrogen-bond acceptors (Lipinski definition) is 5. The van der Waals surface area contributed by atoms with Gasteiger partial charge in [-0.15, -0.1) is 11.3 Å². The van der Waals surface area contributed by atoms with Crippen molar-refractivity contribution in [3.8, 4) is 10.6 Å². The van der Waals surface area contributed by atoms with Crippen molar-refractivity contribution in [3.63, 3.8) is 0 Å². The standard InChI is InChI=1S/C19H28N2O2S/c1-13(2)23-12-17(22)11-21(5)15(4)18-14(3)20-19(24-18)16-9-7-6-8-10-16/h6-10,13,15,17,22H,11-12H2,1-5H3. The van der Waals surface area contributed by atoms with Crippen molar-refractivity contribution in [2.45, 2.75) is 45.9 Å². The minimum absolute atomic E-state index is 0.138. The maximum atomic E-state index is 10.1. The number of aliphatic hydroxyl groups is 1. The fraction of sp³-hybridized carbons (Fsp3) is 0.526. The molecule has 0 radical (unpaired) electrons. The molecule has 0 saturated heterocycles. The summed E-state index contributed by atoms with van der Waals surface area (Å²) in [5, 5.41) is 11.2. The summed E-state index contributed by atoms with van der Waals surface area (Å²) < 4.78 is 5.49. The van der Waals surface area contributed by atoms with E-state index < -0.39 is 6.10 Å². The zero-order chi connectivity index (χ0) is 17.7. The van der Waals surface area contributed by atoms with E-state index in [0.29, 0.717) is 13.2 Å². The number of benzene rings is 1. The second kappa shape index (κ2) is 8.72. The van der Waals surface area contributed by atoms with Crippen LogP contribution in [0.25, 0.3) is 10.6 Å². The number of thiazole rings is 1. The molecule has 5 heteroatoms. The molecule has 132 valence electrons. The van der Waals surface area contributed by atoms with Crippen LogP contribution in [0.15, 0.2) is 30.3 Å². The molecule has 24 heavy (non-hydrogen) atoms. The van der Waals surface area contributed by atoms with E-state index in [2.05, 4.69) is 30.9 Å². The van der Waals surface area contributed by atoms with Gasteiger partial charge in [-0.25, -0.2) is 4.98 Å². The molecule has 0 amide bonds. The van der Waals surface area contributed by atoms with Gasteiger partial charge in [-0.2, -0.15) is 0 Å². The van der Waals surface area contributed by atoms with E-state index in [-0.39, 0.29) is 12.1 Å². The van der Waals surface area contributed by atoms with Crippen LogP contribution in [-0.4, -0.2) is 47.4 Å². The second-order valence-electron chi connectivity index (χ2n) is 6.49. The van der Waals surface area contributed by atoms with Crippen molar-refractivity contribution in [2.24, 2.45) is 0 Å². The van der Waals surface area contributed by atoms with Crippen LogP contribution in [0.3, 0.4) is 0 Å². The van der Waals surface area contributed by atoms with Crippen molar-refractivity contribution in [1.29, 1.82) is 0 Å². The number of likely N-dealkylation sites (N-methyl/N-ethyl adjacent to an activating group) is 1. The SMILES string of the molecule is Cc1nc(-c2ccccc2)sc1C(C)N(C)CC(O)COC(C)C. The van der Waals surface area contributed by atoms with Gasteiger partial charge < -0.3 is 9.84 Å². The second-order valence-corrected chi connectivity index (χ2v) is 7.52. The fourth-order valence-electron chi connectivity index (χ4n) is 2.55. The number of rotatable bonds is 8. The number of aromatic nitrogens is 1. The summed E-state index contributed by atoms with van der Waals surface area (Å²) in [5.74, 6) is 0. The Kier molecular flexibility index (Phi) is 6.92. The van der Waals surface area contributed by atoms with E-state index >= 15 is 0 Å². The minimum atomic E-state index is -0.485. The Hall–Kier alpha value is -1.27. The third-order valence-corrected chi connectivity index (χ3v) is 5.39. The zero-order valence-corrected chi connectivity index (χ0v) is 16.0. The molecule has 0 spiro atoms. The summed E-state index contributed by atoms with van der Waals surface area (Å²) in [6.45, 7) is 9.11. The van der Waals surface area contributed by atoms with Gasteiger partial charge in [0, 0.05) is 23.0 Å². The van der Waals surface area contributed by atoms with Crippen LogP contribution in [0.4, 0.5) is 0 Å². The normalized spacial score (nSPS) is 14.3. The summed E-state index contributed by atoms with van der Waals surface area (Å²) in [7, 11) is 2.03. The molecule has 1 aromatic heterocycles. The number of ether oxygens (including phenoxy) is 1. The van der Waals surface area contributed by atoms with Gasteiger partial charge in [0.2, 0.25) is 0 Å². The van der Waals surface area contributed by atoms with Gasteiger partial charge in [-0.1, -0.05) is 30.3 Å². The Morgan fingerprint density at radius 2 is 1.88 bits per heavy atom. The molecule has 2 rings (SSSR count). The van der Waals surface area contributed by atoms with E-state index in [0.717, 1.165) is 16.3 Å². The van der Waals surface area contributed by atoms with Crippen molar-refractivity contribution in [1.82, 2.24) is 9.88 Å². The van der Waals surface area contributed by atoms with Crippen LogP contribution in [0.2, 0.25) is 0 Å². The molecule has 0 aliphatic heterocycles. The molecule has 2 atom stereocenters. The van der Waals surface area contributed by atoms with Crippen LogP contribution in [0, 0.1) is 6.92 Å². The summed E-state index contributed by atoms with van der Waals surface area (Å²) in [6, 6.07) is 10.5. The predicted molar refractivity (Wildman–Crippen MR) is 100 cm³/mol. The highest BCUT2D eigenvalue weighted by Gasteiger charge is 2.21. The lowest BCUT2D eigenvalue weighted by Crippen LogP contribution is -2.34. The van der Waals surface area contributed by atoms with Gasteiger partial charge in [0.25, 0.3) is 0 Å². The Labute approximate surface area is 149 Å². The molecule has 1 heterocycles. The monoisotopic (exact) mass is 348 g/mol. The van der Waals surface area contributed by atoms with Crippen molar-refractivity contribution in [3.05, 3.63) is 40.9 Å². The Bertz CT molecular complexity index is 628. The van der Waals surface area contributed by atoms with E-state index in [1.165, 1.54) is 4.88 Å². The first-order valence-corrected chi connectivity index (χ1v) is 9.22. The number of aryl methyl sites for hydroxylation is 1. The first-order chi connectivity index (χ1) is 11.4. The number of aliphatic hydroxyl groups excluding tert-OH is 1. The quantitative estimate of drug-likeness (QED) is 0.786. The number of nitrogens with zero attached hydrogens (tertiary/aromatic N) is 2. The van der Waals surface area contributed by atoms with Crippen LogP contribution in [0.1, 0.15) is 37.4 Å². The molecule has 1 aromatic carbocycles. The van der Waals surface area contributed by atoms with E-state index in [9.17, 15) is 5.11 Å². The lowest BCUT2D eigenvalue weighted by Gasteiger charge is -2.26. The third kappa shape index (κ3) is 5.11. The lowest BCUT2D eigenvalue weighted by atomic mass is 10.2. The molecule has 1 N–H and O–H groups in total. The lowest BCUT2D eigenvalue weighted by molar-refractivity contribution is -0.00937. The van der Waals surface area contributed by atoms with Crippen LogP contribution < -0.4 is 0 Å². The van der Waals surface area contributed by atoms with E-state index in [1.54, 1.807) is 11.3 Å². The fourth-order valence-corrected chi connectivity index (χ4v) is 3.74. The van der Waals surface area contributed by atoms with E-state index in [1.807, 2.05) is 39.1 Å². The topological polar surface area (TPSA) is 45.6 Å². The molecule has 0 aliphatic carbocycles. The largest absolute Gasteiger partial charge is 0.389 e. The van der Waals surface area contributed by atoms with E-state index in [4.69, 9.17) is 9.72 Å². The Morgan fingerprint density at radius 3 is 2.50 bits per heavy atom. The highest BCUT2D eigenvalue weighted by molar-refractivity contribution is 7.15. The van der Waals surface area contributed by atoms with Crippen LogP contribution in [0.5, 0.6) is 0 Å². The average molecular weight is 349 g/mol. The minimum Gasteiger partial charge on any atom is -0.389 e. The van der Waals surface area contributed by atoms with Gasteiger partial charge in [-0.3, -0.25) is 4.90 Å². The first-order valence-electron chi connectivity index (χ1n) is 8.41. The molecule has 0 fully saturated rings. The molecule has 2 unspecified atom stereocenters. The Morgan fingerprint density at radius 1 is 1.21 bits per heavy atom. The first kappa shape index (κ1) is 19.1. The predicted octanol–water partition coefficient (Wildman–Crippen LogP) is 3.90. The Balaban J connectivity index is 2.04. The van der Waals surface area contributed by atoms with Gasteiger partial charge in [0.05, 0.1) is 24.5 Å². The molecular weight excluding hydrogens is 320 g/mol. The maximum absolute atomic E-state index is 10.1. The molecule has 0 saturated carbocycles. The highest BCUT2D eigenvalue weighted by Crippen LogP contribution is 2.33. The van der Waals surface area contributed by atoms with Gasteiger partial charge in [-0.05, 0) is 34.7 Å². The van der Waals surface area contributed by atoms with Crippen molar-refractivity contribution < 1.29 is 9.84 Å². The highest BCUT2D eigenvalue weighted by atomic mass is 32.1. The van der Waals surface area contributed by atoms with Crippen LogP contribution >= 0.6 is 11.3 Å².